The fourth-order valence-corrected chi connectivity index (χ4v) is 2.73. The number of aryl methyl sites for hydroxylation is 1. The fourth-order valence-electron chi connectivity index (χ4n) is 1.71. The zero-order valence-electron chi connectivity index (χ0n) is 11.6. The van der Waals surface area contributed by atoms with Crippen LogP contribution in [-0.4, -0.2) is 32.3 Å². The van der Waals surface area contributed by atoms with Crippen molar-refractivity contribution in [2.24, 2.45) is 0 Å². The molecule has 0 radical (unpaired) electrons. The third-order valence-corrected chi connectivity index (χ3v) is 3.79. The predicted octanol–water partition coefficient (Wildman–Crippen LogP) is 3.09. The van der Waals surface area contributed by atoms with E-state index in [1.54, 1.807) is 12.3 Å². The molecule has 0 fully saturated rings. The molecule has 21 heavy (non-hydrogen) atoms. The van der Waals surface area contributed by atoms with Crippen LogP contribution >= 0.6 is 22.9 Å². The van der Waals surface area contributed by atoms with Gasteiger partial charge in [0.15, 0.2) is 5.01 Å². The molecule has 0 aliphatic rings. The molecule has 2 heterocycles. The van der Waals surface area contributed by atoms with Gasteiger partial charge in [-0.25, -0.2) is 4.98 Å². The maximum atomic E-state index is 10.6. The number of hydrogen-bond donors (Lipinski definition) is 2. The summed E-state index contributed by atoms with van der Waals surface area (Å²) in [6.45, 7) is 4.05. The Morgan fingerprint density at radius 2 is 2.24 bits per heavy atom. The summed E-state index contributed by atoms with van der Waals surface area (Å²) < 4.78 is 0. The van der Waals surface area contributed by atoms with Crippen LogP contribution in [0.15, 0.2) is 12.3 Å². The highest BCUT2D eigenvalue weighted by Gasteiger charge is 2.13. The predicted molar refractivity (Wildman–Crippen MR) is 82.9 cm³/mol. The standard InChI is InChI=1S/C13H15ClN4O2S/c1-7(2)16-9-5-10(14)15-6-8(9)13-18-17-11(21-13)3-4-12(19)20/h5-7H,3-4H2,1-2H3,(H,15,16)(H,19,20). The molecule has 6 nitrogen and oxygen atoms in total. The van der Waals surface area contributed by atoms with E-state index < -0.39 is 5.97 Å². The summed E-state index contributed by atoms with van der Waals surface area (Å²) in [6.07, 6.45) is 2.07. The topological polar surface area (TPSA) is 88.0 Å². The van der Waals surface area contributed by atoms with Crippen molar-refractivity contribution in [3.05, 3.63) is 22.4 Å². The molecule has 112 valence electrons. The Morgan fingerprint density at radius 1 is 1.48 bits per heavy atom. The Hall–Kier alpha value is -1.73. The average Bonchev–Trinajstić information content (AvgIpc) is 2.84. The average molecular weight is 327 g/mol. The van der Waals surface area contributed by atoms with Crippen LogP contribution < -0.4 is 5.32 Å². The molecule has 0 amide bonds. The summed E-state index contributed by atoms with van der Waals surface area (Å²) in [4.78, 5) is 14.7. The summed E-state index contributed by atoms with van der Waals surface area (Å²) in [5.74, 6) is -0.845. The fraction of sp³-hybridized carbons (Fsp3) is 0.385. The zero-order valence-corrected chi connectivity index (χ0v) is 13.2. The van der Waals surface area contributed by atoms with Crippen LogP contribution in [0.4, 0.5) is 5.69 Å². The van der Waals surface area contributed by atoms with Gasteiger partial charge in [0.25, 0.3) is 0 Å². The van der Waals surface area contributed by atoms with Crippen molar-refractivity contribution in [3.8, 4) is 10.6 Å². The first-order valence-corrected chi connectivity index (χ1v) is 7.61. The van der Waals surface area contributed by atoms with E-state index in [1.807, 2.05) is 13.8 Å². The number of carbonyl (C=O) groups is 1. The van der Waals surface area contributed by atoms with E-state index in [0.29, 0.717) is 21.6 Å². The molecule has 0 aromatic carbocycles. The maximum Gasteiger partial charge on any atom is 0.303 e. The smallest absolute Gasteiger partial charge is 0.303 e. The van der Waals surface area contributed by atoms with Crippen LogP contribution in [0.3, 0.4) is 0 Å². The van der Waals surface area contributed by atoms with Gasteiger partial charge in [0.2, 0.25) is 0 Å². The first-order chi connectivity index (χ1) is 9.95. The molecule has 0 atom stereocenters. The maximum absolute atomic E-state index is 10.6. The lowest BCUT2D eigenvalue weighted by Crippen LogP contribution is -2.10. The number of carboxylic acid groups (broad SMARTS) is 1. The number of aromatic nitrogens is 3. The highest BCUT2D eigenvalue weighted by atomic mass is 35.5. The molecular weight excluding hydrogens is 312 g/mol. The van der Waals surface area contributed by atoms with Gasteiger partial charge in [-0.2, -0.15) is 0 Å². The van der Waals surface area contributed by atoms with E-state index >= 15 is 0 Å². The minimum atomic E-state index is -0.845. The summed E-state index contributed by atoms with van der Waals surface area (Å²) in [5, 5.41) is 21.9. The van der Waals surface area contributed by atoms with E-state index in [0.717, 1.165) is 11.3 Å². The normalized spacial score (nSPS) is 10.9. The Balaban J connectivity index is 2.26. The summed E-state index contributed by atoms with van der Waals surface area (Å²) >= 11 is 7.29. The van der Waals surface area contributed by atoms with Crippen LogP contribution in [0.2, 0.25) is 5.15 Å². The number of carboxylic acids is 1. The van der Waals surface area contributed by atoms with Crippen LogP contribution in [0.5, 0.6) is 0 Å². The minimum absolute atomic E-state index is 0.0462. The number of hydrogen-bond acceptors (Lipinski definition) is 6. The van der Waals surface area contributed by atoms with Gasteiger partial charge in [-0.1, -0.05) is 22.9 Å². The van der Waals surface area contributed by atoms with Crippen molar-refractivity contribution in [2.75, 3.05) is 5.32 Å². The molecule has 2 rings (SSSR count). The van der Waals surface area contributed by atoms with Gasteiger partial charge in [0.1, 0.15) is 10.2 Å². The van der Waals surface area contributed by atoms with Crippen molar-refractivity contribution in [2.45, 2.75) is 32.7 Å². The molecular formula is C13H15ClN4O2S. The number of anilines is 1. The van der Waals surface area contributed by atoms with Crippen LogP contribution in [0.1, 0.15) is 25.3 Å². The highest BCUT2D eigenvalue weighted by molar-refractivity contribution is 7.14. The Kier molecular flexibility index (Phi) is 5.08. The Labute approximate surface area is 131 Å². The van der Waals surface area contributed by atoms with E-state index in [2.05, 4.69) is 20.5 Å². The molecule has 2 N–H and O–H groups in total. The molecule has 8 heteroatoms. The summed E-state index contributed by atoms with van der Waals surface area (Å²) in [7, 11) is 0. The van der Waals surface area contributed by atoms with E-state index in [1.165, 1.54) is 11.3 Å². The summed E-state index contributed by atoms with van der Waals surface area (Å²) in [5.41, 5.74) is 1.65. The number of pyridine rings is 1. The largest absolute Gasteiger partial charge is 0.481 e. The Bertz CT molecular complexity index is 645. The molecule has 0 spiro atoms. The van der Waals surface area contributed by atoms with Crippen LogP contribution in [-0.2, 0) is 11.2 Å². The van der Waals surface area contributed by atoms with E-state index in [4.69, 9.17) is 16.7 Å². The second-order valence-electron chi connectivity index (χ2n) is 4.75. The van der Waals surface area contributed by atoms with Gasteiger partial charge >= 0.3 is 5.97 Å². The summed E-state index contributed by atoms with van der Waals surface area (Å²) in [6, 6.07) is 1.98. The van der Waals surface area contributed by atoms with Crippen molar-refractivity contribution >= 4 is 34.6 Å². The number of nitrogens with zero attached hydrogens (tertiary/aromatic N) is 3. The highest BCUT2D eigenvalue weighted by Crippen LogP contribution is 2.32. The van der Waals surface area contributed by atoms with Gasteiger partial charge < -0.3 is 10.4 Å². The van der Waals surface area contributed by atoms with Crippen molar-refractivity contribution in [3.63, 3.8) is 0 Å². The molecule has 0 saturated carbocycles. The van der Waals surface area contributed by atoms with Crippen molar-refractivity contribution in [1.82, 2.24) is 15.2 Å². The van der Waals surface area contributed by atoms with Crippen molar-refractivity contribution < 1.29 is 9.90 Å². The SMILES string of the molecule is CC(C)Nc1cc(Cl)ncc1-c1nnc(CCC(=O)O)s1. The molecule has 0 bridgehead atoms. The second-order valence-corrected chi connectivity index (χ2v) is 6.20. The van der Waals surface area contributed by atoms with Gasteiger partial charge in [0, 0.05) is 24.3 Å². The Morgan fingerprint density at radius 3 is 2.90 bits per heavy atom. The zero-order chi connectivity index (χ0) is 15.4. The number of nitrogens with one attached hydrogen (secondary N) is 1. The number of rotatable bonds is 6. The molecule has 0 aliphatic carbocycles. The van der Waals surface area contributed by atoms with Crippen LogP contribution in [0.25, 0.3) is 10.6 Å². The lowest BCUT2D eigenvalue weighted by atomic mass is 10.2. The minimum Gasteiger partial charge on any atom is -0.481 e. The molecule has 0 aliphatic heterocycles. The first kappa shape index (κ1) is 15.7. The monoisotopic (exact) mass is 326 g/mol. The molecule has 0 saturated heterocycles. The van der Waals surface area contributed by atoms with E-state index in [-0.39, 0.29) is 12.5 Å². The van der Waals surface area contributed by atoms with Gasteiger partial charge in [-0.15, -0.1) is 10.2 Å². The molecule has 2 aromatic heterocycles. The molecule has 0 unspecified atom stereocenters. The lowest BCUT2D eigenvalue weighted by molar-refractivity contribution is -0.136. The first-order valence-electron chi connectivity index (χ1n) is 6.42. The van der Waals surface area contributed by atoms with Gasteiger partial charge in [-0.05, 0) is 19.9 Å². The van der Waals surface area contributed by atoms with Crippen LogP contribution in [0, 0.1) is 0 Å². The molecule has 2 aromatic rings. The third-order valence-electron chi connectivity index (χ3n) is 2.56. The second kappa shape index (κ2) is 6.82. The number of halogens is 1. The van der Waals surface area contributed by atoms with Gasteiger partial charge in [-0.3, -0.25) is 4.79 Å². The van der Waals surface area contributed by atoms with E-state index in [9.17, 15) is 4.79 Å². The lowest BCUT2D eigenvalue weighted by Gasteiger charge is -2.13. The quantitative estimate of drug-likeness (QED) is 0.793. The van der Waals surface area contributed by atoms with Gasteiger partial charge in [0.05, 0.1) is 12.0 Å². The number of aliphatic carboxylic acids is 1. The van der Waals surface area contributed by atoms with Crippen molar-refractivity contribution in [1.29, 1.82) is 0 Å². The third kappa shape index (κ3) is 4.37.